The van der Waals surface area contributed by atoms with Crippen LogP contribution in [0.4, 0.5) is 0 Å². The topological polar surface area (TPSA) is 26.3 Å². The summed E-state index contributed by atoms with van der Waals surface area (Å²) in [6.45, 7) is 14.8. The van der Waals surface area contributed by atoms with Gasteiger partial charge < -0.3 is 4.74 Å². The quantitative estimate of drug-likeness (QED) is 0.664. The molecule has 16 heavy (non-hydrogen) atoms. The van der Waals surface area contributed by atoms with Crippen molar-refractivity contribution < 1.29 is 9.53 Å². The van der Waals surface area contributed by atoms with Crippen molar-refractivity contribution in [3.63, 3.8) is 0 Å². The Morgan fingerprint density at radius 2 is 1.62 bits per heavy atom. The molecule has 0 N–H and O–H groups in total. The summed E-state index contributed by atoms with van der Waals surface area (Å²) in [6, 6.07) is 0. The lowest BCUT2D eigenvalue weighted by molar-refractivity contribution is -0.149. The molecule has 0 radical (unpaired) electrons. The molecule has 0 amide bonds. The van der Waals surface area contributed by atoms with E-state index in [4.69, 9.17) is 4.74 Å². The van der Waals surface area contributed by atoms with Crippen molar-refractivity contribution >= 4 is 5.97 Å². The Bertz CT molecular complexity index is 211. The van der Waals surface area contributed by atoms with Gasteiger partial charge in [-0.2, -0.15) is 0 Å². The average Bonchev–Trinajstić information content (AvgIpc) is 1.98. The van der Waals surface area contributed by atoms with E-state index >= 15 is 0 Å². The first-order chi connectivity index (χ1) is 7.12. The van der Waals surface area contributed by atoms with Gasteiger partial charge in [-0.15, -0.1) is 0 Å². The van der Waals surface area contributed by atoms with Gasteiger partial charge in [-0.25, -0.2) is 0 Å². The molecule has 0 heterocycles. The lowest BCUT2D eigenvalue weighted by Gasteiger charge is -2.31. The zero-order valence-electron chi connectivity index (χ0n) is 12.0. The van der Waals surface area contributed by atoms with E-state index in [2.05, 4.69) is 34.6 Å². The van der Waals surface area contributed by atoms with Crippen molar-refractivity contribution in [3.8, 4) is 0 Å². The van der Waals surface area contributed by atoms with Crippen LogP contribution in [0.15, 0.2) is 0 Å². The summed E-state index contributed by atoms with van der Waals surface area (Å²) < 4.78 is 5.22. The molecule has 96 valence electrons. The van der Waals surface area contributed by atoms with E-state index < -0.39 is 0 Å². The maximum absolute atomic E-state index is 11.7. The molecule has 0 aliphatic rings. The molecular weight excluding hydrogens is 200 g/mol. The zero-order chi connectivity index (χ0) is 12.9. The van der Waals surface area contributed by atoms with Gasteiger partial charge >= 0.3 is 5.97 Å². The number of hydrogen-bond donors (Lipinski definition) is 0. The van der Waals surface area contributed by atoms with Crippen LogP contribution < -0.4 is 0 Å². The Hall–Kier alpha value is -0.530. The normalized spacial score (nSPS) is 14.3. The summed E-state index contributed by atoms with van der Waals surface area (Å²) in [6.07, 6.45) is 1.61. The second kappa shape index (κ2) is 6.27. The van der Waals surface area contributed by atoms with Crippen LogP contribution in [0, 0.1) is 17.3 Å². The number of ether oxygens (including phenoxy) is 1. The van der Waals surface area contributed by atoms with Crippen LogP contribution in [0.2, 0.25) is 0 Å². The third-order valence-corrected chi connectivity index (χ3v) is 2.76. The number of carbonyl (C=O) groups is 1. The third kappa shape index (κ3) is 6.86. The van der Waals surface area contributed by atoms with E-state index in [1.807, 2.05) is 13.8 Å². The summed E-state index contributed by atoms with van der Waals surface area (Å²) in [5.41, 5.74) is 0.167. The van der Waals surface area contributed by atoms with Crippen LogP contribution in [0.5, 0.6) is 0 Å². The maximum atomic E-state index is 11.7. The highest BCUT2D eigenvalue weighted by Crippen LogP contribution is 2.34. The van der Waals surface area contributed by atoms with Crippen LogP contribution in [0.25, 0.3) is 0 Å². The van der Waals surface area contributed by atoms with Crippen LogP contribution >= 0.6 is 0 Å². The summed E-state index contributed by atoms with van der Waals surface area (Å²) in [5.74, 6) is 0.963. The third-order valence-electron chi connectivity index (χ3n) is 2.76. The van der Waals surface area contributed by atoms with Crippen molar-refractivity contribution in [2.24, 2.45) is 17.3 Å². The zero-order valence-corrected chi connectivity index (χ0v) is 12.0. The van der Waals surface area contributed by atoms with Crippen molar-refractivity contribution in [1.82, 2.24) is 0 Å². The fourth-order valence-electron chi connectivity index (χ4n) is 1.82. The van der Waals surface area contributed by atoms with Crippen molar-refractivity contribution in [2.45, 2.75) is 67.4 Å². The first kappa shape index (κ1) is 15.5. The summed E-state index contributed by atoms with van der Waals surface area (Å²) in [4.78, 5) is 11.7. The SMILES string of the molecule is CC(C)CC(CC(=O)OC(C)C)C(C)(C)C. The standard InChI is InChI=1S/C14H28O2/c1-10(2)8-12(14(5,6)7)9-13(15)16-11(3)4/h10-12H,8-9H2,1-7H3. The highest BCUT2D eigenvalue weighted by molar-refractivity contribution is 5.69. The Labute approximate surface area is 101 Å². The fraction of sp³-hybridized carbons (Fsp3) is 0.929. The first-order valence-corrected chi connectivity index (χ1v) is 6.32. The minimum absolute atomic E-state index is 0.00725. The van der Waals surface area contributed by atoms with E-state index in [0.29, 0.717) is 18.3 Å². The highest BCUT2D eigenvalue weighted by atomic mass is 16.5. The molecule has 2 nitrogen and oxygen atoms in total. The predicted octanol–water partition coefficient (Wildman–Crippen LogP) is 4.04. The summed E-state index contributed by atoms with van der Waals surface area (Å²) in [7, 11) is 0. The molecule has 2 heteroatoms. The summed E-state index contributed by atoms with van der Waals surface area (Å²) in [5, 5.41) is 0. The minimum Gasteiger partial charge on any atom is -0.463 e. The Kier molecular flexibility index (Phi) is 6.06. The number of rotatable bonds is 5. The van der Waals surface area contributed by atoms with Gasteiger partial charge in [0.2, 0.25) is 0 Å². The van der Waals surface area contributed by atoms with Gasteiger partial charge in [0, 0.05) is 6.42 Å². The largest absolute Gasteiger partial charge is 0.463 e. The van der Waals surface area contributed by atoms with E-state index in [1.165, 1.54) is 0 Å². The molecule has 0 aromatic carbocycles. The van der Waals surface area contributed by atoms with Gasteiger partial charge in [-0.1, -0.05) is 34.6 Å². The van der Waals surface area contributed by atoms with Gasteiger partial charge in [0.1, 0.15) is 0 Å². The second-order valence-electron chi connectivity index (χ2n) is 6.44. The van der Waals surface area contributed by atoms with Crippen LogP contribution in [0.1, 0.15) is 61.3 Å². The van der Waals surface area contributed by atoms with Crippen LogP contribution in [-0.2, 0) is 9.53 Å². The average molecular weight is 228 g/mol. The molecule has 0 aromatic heterocycles. The molecule has 0 fully saturated rings. The summed E-state index contributed by atoms with van der Waals surface area (Å²) >= 11 is 0. The molecule has 1 unspecified atom stereocenters. The number of hydrogen-bond acceptors (Lipinski definition) is 2. The van der Waals surface area contributed by atoms with Gasteiger partial charge in [0.25, 0.3) is 0 Å². The van der Waals surface area contributed by atoms with Crippen molar-refractivity contribution in [3.05, 3.63) is 0 Å². The minimum atomic E-state index is -0.0597. The van der Waals surface area contributed by atoms with Crippen molar-refractivity contribution in [2.75, 3.05) is 0 Å². The molecule has 0 spiro atoms. The van der Waals surface area contributed by atoms with Gasteiger partial charge in [-0.3, -0.25) is 4.79 Å². The van der Waals surface area contributed by atoms with Gasteiger partial charge in [0.05, 0.1) is 6.10 Å². The van der Waals surface area contributed by atoms with E-state index in [-0.39, 0.29) is 17.5 Å². The monoisotopic (exact) mass is 228 g/mol. The molecule has 0 aliphatic heterocycles. The first-order valence-electron chi connectivity index (χ1n) is 6.32. The smallest absolute Gasteiger partial charge is 0.306 e. The highest BCUT2D eigenvalue weighted by Gasteiger charge is 2.28. The lowest BCUT2D eigenvalue weighted by atomic mass is 9.74. The maximum Gasteiger partial charge on any atom is 0.306 e. The predicted molar refractivity (Wildman–Crippen MR) is 68.2 cm³/mol. The molecule has 1 atom stereocenters. The van der Waals surface area contributed by atoms with Gasteiger partial charge in [0.15, 0.2) is 0 Å². The molecule has 0 bridgehead atoms. The molecule has 0 aromatic rings. The van der Waals surface area contributed by atoms with E-state index in [9.17, 15) is 4.79 Å². The second-order valence-corrected chi connectivity index (χ2v) is 6.44. The molecule has 0 saturated carbocycles. The van der Waals surface area contributed by atoms with E-state index in [0.717, 1.165) is 6.42 Å². The molecule has 0 aliphatic carbocycles. The van der Waals surface area contributed by atoms with Crippen LogP contribution in [-0.4, -0.2) is 12.1 Å². The van der Waals surface area contributed by atoms with Gasteiger partial charge in [-0.05, 0) is 37.5 Å². The number of esters is 1. The Morgan fingerprint density at radius 1 is 1.12 bits per heavy atom. The Balaban J connectivity index is 4.38. The molecule has 0 saturated heterocycles. The Morgan fingerprint density at radius 3 is 1.94 bits per heavy atom. The number of carbonyl (C=O) groups excluding carboxylic acids is 1. The fourth-order valence-corrected chi connectivity index (χ4v) is 1.82. The molecule has 0 rings (SSSR count). The van der Waals surface area contributed by atoms with Crippen molar-refractivity contribution in [1.29, 1.82) is 0 Å². The lowest BCUT2D eigenvalue weighted by Crippen LogP contribution is -2.26. The van der Waals surface area contributed by atoms with Crippen LogP contribution in [0.3, 0.4) is 0 Å². The molecular formula is C14H28O2. The van der Waals surface area contributed by atoms with E-state index in [1.54, 1.807) is 0 Å².